The van der Waals surface area contributed by atoms with E-state index in [1.165, 1.54) is 0 Å². The molecule has 0 spiro atoms. The summed E-state index contributed by atoms with van der Waals surface area (Å²) < 4.78 is 0. The van der Waals surface area contributed by atoms with E-state index >= 15 is 0 Å². The summed E-state index contributed by atoms with van der Waals surface area (Å²) in [6, 6.07) is 17.8. The van der Waals surface area contributed by atoms with Crippen LogP contribution in [-0.2, 0) is 4.79 Å². The third-order valence-electron chi connectivity index (χ3n) is 5.23. The topological polar surface area (TPSA) is 60.9 Å². The number of aliphatic carboxylic acids is 1. The molecule has 142 valence electrons. The van der Waals surface area contributed by atoms with Crippen LogP contribution in [0.1, 0.15) is 40.4 Å². The predicted octanol–water partition coefficient (Wildman–Crippen LogP) is 3.36. The molecule has 1 saturated heterocycles. The highest BCUT2D eigenvalue weighted by atomic mass is 16.4. The van der Waals surface area contributed by atoms with Crippen molar-refractivity contribution in [2.24, 2.45) is 0 Å². The van der Waals surface area contributed by atoms with Crippen LogP contribution in [0.3, 0.4) is 0 Å². The highest BCUT2D eigenvalue weighted by Crippen LogP contribution is 2.27. The average Bonchev–Trinajstić information content (AvgIpc) is 2.69. The number of rotatable bonds is 6. The average molecular weight is 366 g/mol. The Kier molecular flexibility index (Phi) is 6.24. The summed E-state index contributed by atoms with van der Waals surface area (Å²) in [6.07, 6.45) is 0.715. The van der Waals surface area contributed by atoms with Crippen molar-refractivity contribution in [3.05, 3.63) is 71.3 Å². The molecular formula is C22H26N2O3. The molecule has 27 heavy (non-hydrogen) atoms. The molecule has 1 N–H and O–H groups in total. The first-order valence-corrected chi connectivity index (χ1v) is 9.42. The second-order valence-corrected chi connectivity index (χ2v) is 7.00. The second kappa shape index (κ2) is 8.82. The summed E-state index contributed by atoms with van der Waals surface area (Å²) >= 11 is 0. The smallest absolute Gasteiger partial charge is 0.303 e. The van der Waals surface area contributed by atoms with Crippen LogP contribution >= 0.6 is 0 Å². The van der Waals surface area contributed by atoms with Crippen LogP contribution < -0.4 is 0 Å². The number of benzene rings is 2. The van der Waals surface area contributed by atoms with Gasteiger partial charge in [0.05, 0.1) is 0 Å². The SMILES string of the molecule is Cc1ccccc1C(=O)N1CCN([C@H](CCC(=O)O)c2ccccc2)CC1. The van der Waals surface area contributed by atoms with Gasteiger partial charge in [0.15, 0.2) is 0 Å². The molecule has 0 unspecified atom stereocenters. The number of aryl methyl sites for hydroxylation is 1. The van der Waals surface area contributed by atoms with Crippen LogP contribution in [0.15, 0.2) is 54.6 Å². The maximum atomic E-state index is 12.8. The molecule has 1 aliphatic heterocycles. The van der Waals surface area contributed by atoms with Crippen LogP contribution in [-0.4, -0.2) is 53.0 Å². The van der Waals surface area contributed by atoms with Crippen LogP contribution in [0, 0.1) is 6.92 Å². The number of hydrogen-bond acceptors (Lipinski definition) is 3. The van der Waals surface area contributed by atoms with E-state index in [4.69, 9.17) is 5.11 Å². The molecule has 1 heterocycles. The molecule has 2 aromatic rings. The minimum atomic E-state index is -0.774. The fourth-order valence-electron chi connectivity index (χ4n) is 3.72. The van der Waals surface area contributed by atoms with E-state index in [2.05, 4.69) is 17.0 Å². The lowest BCUT2D eigenvalue weighted by Crippen LogP contribution is -2.49. The molecule has 2 aromatic carbocycles. The van der Waals surface area contributed by atoms with Gasteiger partial charge in [0.1, 0.15) is 0 Å². The van der Waals surface area contributed by atoms with Crippen LogP contribution in [0.4, 0.5) is 0 Å². The maximum absolute atomic E-state index is 12.8. The molecule has 1 atom stereocenters. The van der Waals surface area contributed by atoms with Gasteiger partial charge in [-0.25, -0.2) is 0 Å². The fourth-order valence-corrected chi connectivity index (χ4v) is 3.72. The highest BCUT2D eigenvalue weighted by molar-refractivity contribution is 5.95. The van der Waals surface area contributed by atoms with E-state index in [1.807, 2.05) is 54.3 Å². The number of carboxylic acids is 1. The lowest BCUT2D eigenvalue weighted by atomic mass is 9.99. The molecule has 0 saturated carbocycles. The molecule has 1 fully saturated rings. The van der Waals surface area contributed by atoms with E-state index < -0.39 is 5.97 Å². The molecule has 0 bridgehead atoms. The number of piperazine rings is 1. The van der Waals surface area contributed by atoms with E-state index in [0.717, 1.165) is 29.8 Å². The van der Waals surface area contributed by atoms with Crippen molar-refractivity contribution in [2.75, 3.05) is 26.2 Å². The Morgan fingerprint density at radius 1 is 0.963 bits per heavy atom. The quantitative estimate of drug-likeness (QED) is 0.852. The first kappa shape index (κ1) is 19.1. The Labute approximate surface area is 160 Å². The molecule has 1 aliphatic rings. The Bertz CT molecular complexity index is 783. The summed E-state index contributed by atoms with van der Waals surface area (Å²) in [7, 11) is 0. The molecule has 5 nitrogen and oxygen atoms in total. The van der Waals surface area contributed by atoms with Gasteiger partial charge in [-0.1, -0.05) is 48.5 Å². The van der Waals surface area contributed by atoms with E-state index in [1.54, 1.807) is 0 Å². The summed E-state index contributed by atoms with van der Waals surface area (Å²) in [5, 5.41) is 9.10. The number of carbonyl (C=O) groups is 2. The molecule has 1 amide bonds. The van der Waals surface area contributed by atoms with Crippen molar-refractivity contribution >= 4 is 11.9 Å². The van der Waals surface area contributed by atoms with Crippen molar-refractivity contribution < 1.29 is 14.7 Å². The predicted molar refractivity (Wildman–Crippen MR) is 105 cm³/mol. The molecular weight excluding hydrogens is 340 g/mol. The third kappa shape index (κ3) is 4.74. The van der Waals surface area contributed by atoms with Gasteiger partial charge in [-0.2, -0.15) is 0 Å². The lowest BCUT2D eigenvalue weighted by Gasteiger charge is -2.39. The third-order valence-corrected chi connectivity index (χ3v) is 5.23. The summed E-state index contributed by atoms with van der Waals surface area (Å²) in [5.74, 6) is -0.696. The molecule has 0 aromatic heterocycles. The van der Waals surface area contributed by atoms with Gasteiger partial charge in [-0.3, -0.25) is 14.5 Å². The van der Waals surface area contributed by atoms with Gasteiger partial charge in [0.25, 0.3) is 5.91 Å². The molecule has 0 aliphatic carbocycles. The van der Waals surface area contributed by atoms with Gasteiger partial charge >= 0.3 is 5.97 Å². The Balaban J connectivity index is 1.67. The second-order valence-electron chi connectivity index (χ2n) is 7.00. The first-order valence-electron chi connectivity index (χ1n) is 9.42. The maximum Gasteiger partial charge on any atom is 0.303 e. The fraction of sp³-hybridized carbons (Fsp3) is 0.364. The van der Waals surface area contributed by atoms with Crippen molar-refractivity contribution in [1.82, 2.24) is 9.80 Å². The molecule has 0 radical (unpaired) electrons. The van der Waals surface area contributed by atoms with Gasteiger partial charge in [-0.05, 0) is 30.5 Å². The van der Waals surface area contributed by atoms with Gasteiger partial charge in [0.2, 0.25) is 0 Å². The number of carbonyl (C=O) groups excluding carboxylic acids is 1. The standard InChI is InChI=1S/C22H26N2O3/c1-17-7-5-6-10-19(17)22(27)24-15-13-23(14-16-24)20(11-12-21(25)26)18-8-3-2-4-9-18/h2-10,20H,11-16H2,1H3,(H,25,26)/t20-/m1/s1. The van der Waals surface area contributed by atoms with Gasteiger partial charge in [0, 0.05) is 44.2 Å². The minimum absolute atomic E-state index is 0.0676. The summed E-state index contributed by atoms with van der Waals surface area (Å²) in [5.41, 5.74) is 2.89. The zero-order chi connectivity index (χ0) is 19.2. The van der Waals surface area contributed by atoms with Crippen molar-refractivity contribution in [2.45, 2.75) is 25.8 Å². The highest BCUT2D eigenvalue weighted by Gasteiger charge is 2.28. The summed E-state index contributed by atoms with van der Waals surface area (Å²) in [6.45, 7) is 4.77. The Hall–Kier alpha value is -2.66. The summed E-state index contributed by atoms with van der Waals surface area (Å²) in [4.78, 5) is 28.1. The number of nitrogens with zero attached hydrogens (tertiary/aromatic N) is 2. The van der Waals surface area contributed by atoms with Crippen molar-refractivity contribution in [3.63, 3.8) is 0 Å². The Morgan fingerprint density at radius 3 is 2.22 bits per heavy atom. The van der Waals surface area contributed by atoms with Crippen LogP contribution in [0.5, 0.6) is 0 Å². The van der Waals surface area contributed by atoms with E-state index in [-0.39, 0.29) is 18.4 Å². The largest absolute Gasteiger partial charge is 0.481 e. The van der Waals surface area contributed by atoms with Crippen molar-refractivity contribution in [3.8, 4) is 0 Å². The first-order chi connectivity index (χ1) is 13.1. The molecule has 5 heteroatoms. The normalized spacial score (nSPS) is 16.1. The number of carboxylic acid groups (broad SMARTS) is 1. The number of amides is 1. The molecule has 3 rings (SSSR count). The zero-order valence-electron chi connectivity index (χ0n) is 15.7. The monoisotopic (exact) mass is 366 g/mol. The number of hydrogen-bond donors (Lipinski definition) is 1. The van der Waals surface area contributed by atoms with Crippen molar-refractivity contribution in [1.29, 1.82) is 0 Å². The van der Waals surface area contributed by atoms with Gasteiger partial charge < -0.3 is 10.0 Å². The van der Waals surface area contributed by atoms with Gasteiger partial charge in [-0.15, -0.1) is 0 Å². The van der Waals surface area contributed by atoms with E-state index in [9.17, 15) is 9.59 Å². The minimum Gasteiger partial charge on any atom is -0.481 e. The van der Waals surface area contributed by atoms with Crippen LogP contribution in [0.25, 0.3) is 0 Å². The zero-order valence-corrected chi connectivity index (χ0v) is 15.7. The Morgan fingerprint density at radius 2 is 1.59 bits per heavy atom. The van der Waals surface area contributed by atoms with Crippen LogP contribution in [0.2, 0.25) is 0 Å². The van der Waals surface area contributed by atoms with E-state index in [0.29, 0.717) is 19.5 Å². The lowest BCUT2D eigenvalue weighted by molar-refractivity contribution is -0.137.